The number of para-hydroxylation sites is 1. The number of fused-ring (bicyclic) bond motifs is 1. The van der Waals surface area contributed by atoms with Crippen molar-refractivity contribution in [1.29, 1.82) is 0 Å². The van der Waals surface area contributed by atoms with Crippen LogP contribution in [0, 0.1) is 18.9 Å². The first kappa shape index (κ1) is 19.6. The molecule has 1 aliphatic carbocycles. The monoisotopic (exact) mass is 414 g/mol. The van der Waals surface area contributed by atoms with Crippen LogP contribution in [0.25, 0.3) is 15.9 Å². The van der Waals surface area contributed by atoms with Gasteiger partial charge in [-0.05, 0) is 61.8 Å². The molecule has 2 fully saturated rings. The summed E-state index contributed by atoms with van der Waals surface area (Å²) < 4.78 is 8.22. The summed E-state index contributed by atoms with van der Waals surface area (Å²) in [6, 6.07) is 13.6. The number of imidazole rings is 1. The van der Waals surface area contributed by atoms with Gasteiger partial charge in [0.05, 0.1) is 36.2 Å². The lowest BCUT2D eigenvalue weighted by Crippen LogP contribution is -2.45. The van der Waals surface area contributed by atoms with Crippen LogP contribution in [0.15, 0.2) is 48.8 Å². The minimum Gasteiger partial charge on any atom is -0.441 e. The van der Waals surface area contributed by atoms with Gasteiger partial charge in [-0.25, -0.2) is 14.6 Å². The summed E-state index contributed by atoms with van der Waals surface area (Å²) in [4.78, 5) is 22.7. The van der Waals surface area contributed by atoms with Crippen molar-refractivity contribution in [1.82, 2.24) is 9.55 Å². The third kappa shape index (κ3) is 3.44. The minimum atomic E-state index is -0.454. The van der Waals surface area contributed by atoms with Crippen LogP contribution in [-0.4, -0.2) is 27.8 Å². The average Bonchev–Trinajstić information content (AvgIpc) is 3.27. The number of rotatable bonds is 3. The molecule has 2 aromatic carbocycles. The number of hydrogen-bond donors (Lipinski definition) is 0. The van der Waals surface area contributed by atoms with Crippen molar-refractivity contribution < 1.29 is 9.53 Å². The van der Waals surface area contributed by atoms with Crippen LogP contribution in [0.5, 0.6) is 0 Å². The molecule has 6 heteroatoms. The molecular weight excluding hydrogens is 388 g/mol. The number of aromatic nitrogens is 2. The number of anilines is 1. The van der Waals surface area contributed by atoms with Crippen LogP contribution in [0.3, 0.4) is 0 Å². The maximum atomic E-state index is 12.8. The molecule has 2 atom stereocenters. The summed E-state index contributed by atoms with van der Waals surface area (Å²) in [5.41, 5.74) is 4.04. The average molecular weight is 415 g/mol. The molecule has 158 valence electrons. The zero-order valence-corrected chi connectivity index (χ0v) is 18.0. The van der Waals surface area contributed by atoms with Gasteiger partial charge in [0.25, 0.3) is 0 Å². The zero-order valence-electron chi connectivity index (χ0n) is 18.0. The van der Waals surface area contributed by atoms with Crippen molar-refractivity contribution in [3.8, 4) is 0 Å². The standard InChI is InChI=1S/C25H26N4O2/c1-18-7-4-5-8-21(18)29-16-25(31-23(29)30)12-6-11-24(2,14-25)15-28-17-27-20-10-9-19(26-3)13-22(20)28/h4-5,7-10,13,17H,6,11-12,14-16H2,1-2H3/t24-,25-/m0/s1. The number of aryl methyl sites for hydroxylation is 1. The van der Waals surface area contributed by atoms with Crippen molar-refractivity contribution in [2.75, 3.05) is 11.4 Å². The Labute approximate surface area is 182 Å². The Hall–Kier alpha value is -3.33. The molecule has 2 heterocycles. The summed E-state index contributed by atoms with van der Waals surface area (Å²) in [7, 11) is 0. The van der Waals surface area contributed by atoms with Gasteiger partial charge in [0.1, 0.15) is 5.60 Å². The van der Waals surface area contributed by atoms with E-state index in [1.54, 1.807) is 4.90 Å². The van der Waals surface area contributed by atoms with Gasteiger partial charge in [0.15, 0.2) is 5.69 Å². The van der Waals surface area contributed by atoms with Crippen molar-refractivity contribution in [2.24, 2.45) is 5.41 Å². The molecule has 0 unspecified atom stereocenters. The van der Waals surface area contributed by atoms with Gasteiger partial charge in [-0.15, -0.1) is 0 Å². The number of carbonyl (C=O) groups is 1. The molecule has 0 radical (unpaired) electrons. The summed E-state index contributed by atoms with van der Waals surface area (Å²) in [5, 5.41) is 0. The Bertz CT molecular complexity index is 1210. The third-order valence-corrected chi connectivity index (χ3v) is 6.82. The van der Waals surface area contributed by atoms with Gasteiger partial charge >= 0.3 is 6.09 Å². The van der Waals surface area contributed by atoms with Gasteiger partial charge in [0, 0.05) is 6.54 Å². The number of hydrogen-bond acceptors (Lipinski definition) is 3. The van der Waals surface area contributed by atoms with Crippen molar-refractivity contribution in [3.05, 3.63) is 65.8 Å². The molecule has 0 bridgehead atoms. The number of amides is 1. The molecule has 1 aromatic heterocycles. The van der Waals surface area contributed by atoms with Crippen LogP contribution in [0.2, 0.25) is 0 Å². The first-order valence-electron chi connectivity index (χ1n) is 10.8. The van der Waals surface area contributed by atoms with Gasteiger partial charge in [-0.2, -0.15) is 0 Å². The van der Waals surface area contributed by atoms with Gasteiger partial charge < -0.3 is 9.30 Å². The maximum absolute atomic E-state index is 12.8. The molecule has 31 heavy (non-hydrogen) atoms. The van der Waals surface area contributed by atoms with Crippen LogP contribution >= 0.6 is 0 Å². The van der Waals surface area contributed by atoms with Gasteiger partial charge in [0.2, 0.25) is 0 Å². The topological polar surface area (TPSA) is 51.7 Å². The number of carbonyl (C=O) groups excluding carboxylic acids is 1. The van der Waals surface area contributed by atoms with E-state index in [-0.39, 0.29) is 11.5 Å². The Kier molecular flexibility index (Phi) is 4.51. The Morgan fingerprint density at radius 3 is 2.87 bits per heavy atom. The summed E-state index contributed by atoms with van der Waals surface area (Å²) in [6.45, 7) is 13.0. The van der Waals surface area contributed by atoms with E-state index in [4.69, 9.17) is 11.3 Å². The van der Waals surface area contributed by atoms with E-state index in [1.807, 2.05) is 55.7 Å². The van der Waals surface area contributed by atoms with E-state index in [1.165, 1.54) is 0 Å². The largest absolute Gasteiger partial charge is 0.441 e. The number of nitrogens with zero attached hydrogens (tertiary/aromatic N) is 4. The van der Waals surface area contributed by atoms with E-state index >= 15 is 0 Å². The third-order valence-electron chi connectivity index (χ3n) is 6.82. The smallest absolute Gasteiger partial charge is 0.415 e. The number of ether oxygens (including phenoxy) is 1. The highest BCUT2D eigenvalue weighted by molar-refractivity contribution is 5.91. The summed E-state index contributed by atoms with van der Waals surface area (Å²) in [6.07, 6.45) is 5.42. The SMILES string of the molecule is [C-]#[N+]c1ccc2ncn(C[C@@]3(C)CCC[C@@]4(CN(c5ccccc5C)C(=O)O4)C3)c2c1. The molecular formula is C25H26N4O2. The lowest BCUT2D eigenvalue weighted by atomic mass is 9.68. The fourth-order valence-electron chi connectivity index (χ4n) is 5.48. The molecule has 6 nitrogen and oxygen atoms in total. The highest BCUT2D eigenvalue weighted by Crippen LogP contribution is 2.48. The maximum Gasteiger partial charge on any atom is 0.415 e. The van der Waals surface area contributed by atoms with Crippen LogP contribution < -0.4 is 4.90 Å². The minimum absolute atomic E-state index is 0.0258. The first-order chi connectivity index (χ1) is 14.9. The normalized spacial score (nSPS) is 25.7. The molecule has 3 aromatic rings. The second-order valence-corrected chi connectivity index (χ2v) is 9.42. The highest BCUT2D eigenvalue weighted by atomic mass is 16.6. The van der Waals surface area contributed by atoms with E-state index in [2.05, 4.69) is 21.3 Å². The molecule has 0 N–H and O–H groups in total. The first-order valence-corrected chi connectivity index (χ1v) is 10.8. The quantitative estimate of drug-likeness (QED) is 0.504. The van der Waals surface area contributed by atoms with Crippen molar-refractivity contribution in [2.45, 2.75) is 51.7 Å². The fraction of sp³-hybridized carbons (Fsp3) is 0.400. The molecule has 5 rings (SSSR count). The molecule has 2 aliphatic rings. The summed E-state index contributed by atoms with van der Waals surface area (Å²) >= 11 is 0. The van der Waals surface area contributed by atoms with Crippen molar-refractivity contribution in [3.63, 3.8) is 0 Å². The second kappa shape index (κ2) is 7.12. The van der Waals surface area contributed by atoms with E-state index in [0.717, 1.165) is 54.5 Å². The Morgan fingerprint density at radius 2 is 2.06 bits per heavy atom. The van der Waals surface area contributed by atoms with E-state index in [0.29, 0.717) is 12.2 Å². The zero-order chi connectivity index (χ0) is 21.6. The lowest BCUT2D eigenvalue weighted by molar-refractivity contribution is -0.0264. The van der Waals surface area contributed by atoms with Crippen LogP contribution in [-0.2, 0) is 11.3 Å². The second-order valence-electron chi connectivity index (χ2n) is 9.42. The van der Waals surface area contributed by atoms with E-state index in [9.17, 15) is 4.79 Å². The van der Waals surface area contributed by atoms with E-state index < -0.39 is 5.60 Å². The predicted molar refractivity (Wildman–Crippen MR) is 120 cm³/mol. The van der Waals surface area contributed by atoms with Crippen LogP contribution in [0.1, 0.15) is 38.2 Å². The molecule has 1 aliphatic heterocycles. The molecule has 1 saturated heterocycles. The molecule has 1 saturated carbocycles. The lowest BCUT2D eigenvalue weighted by Gasteiger charge is -2.43. The molecule has 1 spiro atoms. The number of benzene rings is 2. The Morgan fingerprint density at radius 1 is 1.23 bits per heavy atom. The summed E-state index contributed by atoms with van der Waals surface area (Å²) in [5.74, 6) is 0. The Balaban J connectivity index is 1.41. The fourth-order valence-corrected chi connectivity index (χ4v) is 5.48. The molecule has 1 amide bonds. The van der Waals surface area contributed by atoms with Crippen LogP contribution in [0.4, 0.5) is 16.2 Å². The highest BCUT2D eigenvalue weighted by Gasteiger charge is 2.51. The van der Waals surface area contributed by atoms with Gasteiger partial charge in [-0.1, -0.05) is 31.2 Å². The van der Waals surface area contributed by atoms with Crippen molar-refractivity contribution >= 4 is 28.5 Å². The van der Waals surface area contributed by atoms with Gasteiger partial charge in [-0.3, -0.25) is 4.90 Å². The predicted octanol–water partition coefficient (Wildman–Crippen LogP) is 5.87.